The van der Waals surface area contributed by atoms with Crippen molar-refractivity contribution < 1.29 is 39.0 Å². The SMILES string of the molecule is CC[C@H]1OB(O)c2c(OCC(C)(C)O)ccc(Br)c21.CC[C@H]1OB(O)c2c(OCC(C)(C)O)ccc(Cl)c21. The molecule has 0 spiro atoms. The summed E-state index contributed by atoms with van der Waals surface area (Å²) in [5, 5.41) is 40.0. The molecule has 2 aromatic rings. The molecule has 8 nitrogen and oxygen atoms in total. The van der Waals surface area contributed by atoms with Crippen LogP contribution in [0.15, 0.2) is 28.7 Å². The quantitative estimate of drug-likeness (QED) is 0.335. The van der Waals surface area contributed by atoms with E-state index in [1.807, 2.05) is 19.9 Å². The Balaban J connectivity index is 0.000000211. The van der Waals surface area contributed by atoms with Gasteiger partial charge in [0.1, 0.15) is 24.7 Å². The number of hydrogen-bond donors (Lipinski definition) is 4. The van der Waals surface area contributed by atoms with E-state index in [1.54, 1.807) is 45.9 Å². The van der Waals surface area contributed by atoms with Gasteiger partial charge in [0.15, 0.2) is 0 Å². The van der Waals surface area contributed by atoms with Crippen LogP contribution in [0.4, 0.5) is 0 Å². The number of rotatable bonds is 8. The number of aliphatic hydroxyl groups is 2. The molecule has 4 N–H and O–H groups in total. The zero-order valence-corrected chi connectivity index (χ0v) is 25.0. The first-order valence-corrected chi connectivity index (χ1v) is 13.9. The smallest absolute Gasteiger partial charge is 0.491 e. The van der Waals surface area contributed by atoms with Crippen LogP contribution in [-0.4, -0.2) is 58.9 Å². The summed E-state index contributed by atoms with van der Waals surface area (Å²) in [5.41, 5.74) is 1.08. The summed E-state index contributed by atoms with van der Waals surface area (Å²) in [4.78, 5) is 0. The lowest BCUT2D eigenvalue weighted by atomic mass is 9.78. The fourth-order valence-corrected chi connectivity index (χ4v) is 5.18. The molecule has 2 heterocycles. The molecule has 2 aliphatic heterocycles. The molecule has 0 unspecified atom stereocenters. The van der Waals surface area contributed by atoms with Gasteiger partial charge in [0.25, 0.3) is 0 Å². The van der Waals surface area contributed by atoms with Gasteiger partial charge in [-0.1, -0.05) is 41.4 Å². The van der Waals surface area contributed by atoms with Gasteiger partial charge in [0.2, 0.25) is 0 Å². The Hall–Kier alpha value is -1.30. The molecule has 0 aliphatic carbocycles. The first-order chi connectivity index (χ1) is 17.7. The van der Waals surface area contributed by atoms with E-state index in [2.05, 4.69) is 15.9 Å². The van der Waals surface area contributed by atoms with E-state index in [0.717, 1.165) is 28.4 Å². The Kier molecular flexibility index (Phi) is 10.3. The standard InChI is InChI=1S/C13H18BBrO4.C13H18BClO4/c2*1-4-9-11-8(15)5-6-10(12(11)14(17)19-9)18-7-13(2,3)16/h2*5-6,9,16-17H,4,7H2,1-3H3/t2*9-/m11/s1. The van der Waals surface area contributed by atoms with Crippen molar-refractivity contribution in [1.29, 1.82) is 0 Å². The molecule has 4 rings (SSSR count). The molecule has 0 amide bonds. The van der Waals surface area contributed by atoms with Gasteiger partial charge in [-0.2, -0.15) is 0 Å². The van der Waals surface area contributed by atoms with Crippen molar-refractivity contribution in [3.8, 4) is 11.5 Å². The third-order valence-corrected chi connectivity index (χ3v) is 7.04. The molecule has 2 atom stereocenters. The lowest BCUT2D eigenvalue weighted by Gasteiger charge is -2.20. The Morgan fingerprint density at radius 2 is 1.24 bits per heavy atom. The Bertz CT molecular complexity index is 1030. The van der Waals surface area contributed by atoms with Crippen molar-refractivity contribution in [2.75, 3.05) is 13.2 Å². The highest BCUT2D eigenvalue weighted by atomic mass is 79.9. The summed E-state index contributed by atoms with van der Waals surface area (Å²) < 4.78 is 23.1. The zero-order chi connectivity index (χ0) is 28.4. The van der Waals surface area contributed by atoms with Gasteiger partial charge in [-0.15, -0.1) is 0 Å². The molecular weight excluding hydrogens is 577 g/mol. The molecule has 0 saturated carbocycles. The number of fused-ring (bicyclic) bond motifs is 2. The molecule has 0 fully saturated rings. The highest BCUT2D eigenvalue weighted by Gasteiger charge is 2.40. The van der Waals surface area contributed by atoms with E-state index < -0.39 is 25.4 Å². The third-order valence-electron chi connectivity index (χ3n) is 6.02. The summed E-state index contributed by atoms with van der Waals surface area (Å²) in [6.45, 7) is 10.9. The van der Waals surface area contributed by atoms with Gasteiger partial charge in [-0.3, -0.25) is 0 Å². The van der Waals surface area contributed by atoms with Crippen LogP contribution < -0.4 is 20.4 Å². The molecule has 0 aromatic heterocycles. The molecule has 2 aliphatic rings. The fraction of sp³-hybridized carbons (Fsp3) is 0.538. The van der Waals surface area contributed by atoms with E-state index in [0.29, 0.717) is 27.4 Å². The minimum Gasteiger partial charge on any atom is -0.491 e. The average Bonchev–Trinajstić information content (AvgIpc) is 3.36. The Morgan fingerprint density at radius 1 is 0.816 bits per heavy atom. The number of halogens is 2. The second-order valence-corrected chi connectivity index (χ2v) is 12.0. The van der Waals surface area contributed by atoms with E-state index in [-0.39, 0.29) is 25.4 Å². The lowest BCUT2D eigenvalue weighted by molar-refractivity contribution is 0.0285. The van der Waals surface area contributed by atoms with Crippen LogP contribution in [0.5, 0.6) is 11.5 Å². The molecule has 0 radical (unpaired) electrons. The second-order valence-electron chi connectivity index (χ2n) is 10.7. The van der Waals surface area contributed by atoms with Crippen LogP contribution in [0.1, 0.15) is 77.7 Å². The Morgan fingerprint density at radius 3 is 1.68 bits per heavy atom. The fourth-order valence-electron chi connectivity index (χ4n) is 4.29. The zero-order valence-electron chi connectivity index (χ0n) is 22.6. The van der Waals surface area contributed by atoms with Crippen LogP contribution in [0.2, 0.25) is 5.02 Å². The van der Waals surface area contributed by atoms with E-state index in [4.69, 9.17) is 30.4 Å². The largest absolute Gasteiger partial charge is 0.495 e. The highest BCUT2D eigenvalue weighted by Crippen LogP contribution is 2.36. The average molecular weight is 614 g/mol. The van der Waals surface area contributed by atoms with Gasteiger partial charge in [-0.25, -0.2) is 0 Å². The van der Waals surface area contributed by atoms with Gasteiger partial charge in [0, 0.05) is 26.0 Å². The van der Waals surface area contributed by atoms with Crippen molar-refractivity contribution in [3.63, 3.8) is 0 Å². The third kappa shape index (κ3) is 7.46. The van der Waals surface area contributed by atoms with Crippen LogP contribution in [0.3, 0.4) is 0 Å². The maximum absolute atomic E-state index is 10.0. The van der Waals surface area contributed by atoms with Gasteiger partial charge < -0.3 is 39.0 Å². The predicted molar refractivity (Wildman–Crippen MR) is 153 cm³/mol. The summed E-state index contributed by atoms with van der Waals surface area (Å²) in [6, 6.07) is 7.07. The molecule has 0 bridgehead atoms. The normalized spacial score (nSPS) is 18.6. The van der Waals surface area contributed by atoms with Crippen LogP contribution >= 0.6 is 27.5 Å². The minimum atomic E-state index is -1.03. The maximum Gasteiger partial charge on any atom is 0.495 e. The molecule has 0 saturated heterocycles. The van der Waals surface area contributed by atoms with Gasteiger partial charge in [-0.05, 0) is 70.4 Å². The number of ether oxygens (including phenoxy) is 2. The van der Waals surface area contributed by atoms with Crippen LogP contribution in [0.25, 0.3) is 0 Å². The number of benzene rings is 2. The highest BCUT2D eigenvalue weighted by molar-refractivity contribution is 9.10. The van der Waals surface area contributed by atoms with E-state index >= 15 is 0 Å². The monoisotopic (exact) mass is 612 g/mol. The topological polar surface area (TPSA) is 118 Å². The molecular formula is C26H36B2BrClO8. The van der Waals surface area contributed by atoms with E-state index in [9.17, 15) is 20.3 Å². The summed E-state index contributed by atoms with van der Waals surface area (Å²) >= 11 is 9.66. The van der Waals surface area contributed by atoms with Crippen molar-refractivity contribution in [2.24, 2.45) is 0 Å². The van der Waals surface area contributed by atoms with Crippen molar-refractivity contribution in [2.45, 2.75) is 77.8 Å². The van der Waals surface area contributed by atoms with Crippen molar-refractivity contribution >= 4 is 52.7 Å². The molecule has 208 valence electrons. The summed E-state index contributed by atoms with van der Waals surface area (Å²) in [7, 11) is -2.01. The first kappa shape index (κ1) is 31.2. The van der Waals surface area contributed by atoms with Crippen molar-refractivity contribution in [1.82, 2.24) is 0 Å². The maximum atomic E-state index is 10.0. The van der Waals surface area contributed by atoms with Gasteiger partial charge >= 0.3 is 14.2 Å². The van der Waals surface area contributed by atoms with Crippen LogP contribution in [0, 0.1) is 0 Å². The molecule has 2 aromatic carbocycles. The molecule has 12 heteroatoms. The predicted octanol–water partition coefficient (Wildman–Crippen LogP) is 3.43. The van der Waals surface area contributed by atoms with Gasteiger partial charge in [0.05, 0.1) is 23.4 Å². The van der Waals surface area contributed by atoms with E-state index in [1.165, 1.54) is 0 Å². The van der Waals surface area contributed by atoms with Crippen molar-refractivity contribution in [3.05, 3.63) is 44.9 Å². The van der Waals surface area contributed by atoms with Crippen LogP contribution in [-0.2, 0) is 9.31 Å². The summed E-state index contributed by atoms with van der Waals surface area (Å²) in [6.07, 6.45) is 1.14. The Labute approximate surface area is 238 Å². The lowest BCUT2D eigenvalue weighted by Crippen LogP contribution is -2.33. The number of hydrogen-bond acceptors (Lipinski definition) is 8. The second kappa shape index (κ2) is 12.5. The summed E-state index contributed by atoms with van der Waals surface area (Å²) in [5.74, 6) is 1.06. The first-order valence-electron chi connectivity index (χ1n) is 12.7. The minimum absolute atomic E-state index is 0.130. The molecule has 38 heavy (non-hydrogen) atoms.